The van der Waals surface area contributed by atoms with Gasteiger partial charge in [0.1, 0.15) is 24.3 Å². The fourth-order valence-corrected chi connectivity index (χ4v) is 5.37. The van der Waals surface area contributed by atoms with E-state index in [1.165, 1.54) is 30.5 Å². The van der Waals surface area contributed by atoms with E-state index in [1.807, 2.05) is 6.07 Å². The Bertz CT molecular complexity index is 1590. The third-order valence-corrected chi connectivity index (χ3v) is 7.60. The topological polar surface area (TPSA) is 129 Å². The van der Waals surface area contributed by atoms with Crippen LogP contribution in [0.2, 0.25) is 5.02 Å². The standard InChI is InChI=1S/C29H24ClF3N6O4/c30-22-4-2-1-3-21(22)25(26(40)37-19-5-8-29(32,33)9-6-19)38(20-12-18(31)14-35-15-20)27(41)23-16-43-28(42)39(23)24-11-17(13-34)7-10-36-24/h1-4,7,10-12,14-15,19,23,25H,5-6,8-9,16H2,(H,37,40)/t23-,25-/m0/s1. The smallest absolute Gasteiger partial charge is 0.416 e. The van der Waals surface area contributed by atoms with Crippen molar-refractivity contribution in [3.63, 3.8) is 0 Å². The number of cyclic esters (lactones) is 1. The lowest BCUT2D eigenvalue weighted by molar-refractivity contribution is -0.128. The number of anilines is 2. The maximum atomic E-state index is 14.5. The van der Waals surface area contributed by atoms with Crippen molar-refractivity contribution in [2.24, 2.45) is 0 Å². The Morgan fingerprint density at radius 1 is 1.19 bits per heavy atom. The zero-order chi connectivity index (χ0) is 30.7. The molecule has 0 bridgehead atoms. The third kappa shape index (κ3) is 6.39. The molecule has 0 spiro atoms. The van der Waals surface area contributed by atoms with E-state index < -0.39 is 67.2 Å². The highest BCUT2D eigenvalue weighted by atomic mass is 35.5. The number of nitrogens with zero attached hydrogens (tertiary/aromatic N) is 5. The number of amides is 3. The van der Waals surface area contributed by atoms with E-state index in [4.69, 9.17) is 16.3 Å². The predicted octanol–water partition coefficient (Wildman–Crippen LogP) is 4.93. The highest BCUT2D eigenvalue weighted by molar-refractivity contribution is 6.31. The second kappa shape index (κ2) is 12.3. The molecular weight excluding hydrogens is 589 g/mol. The van der Waals surface area contributed by atoms with Crippen LogP contribution >= 0.6 is 11.6 Å². The normalized spacial score (nSPS) is 18.8. The number of benzene rings is 1. The maximum absolute atomic E-state index is 14.5. The van der Waals surface area contributed by atoms with E-state index in [1.54, 1.807) is 12.1 Å². The summed E-state index contributed by atoms with van der Waals surface area (Å²) < 4.78 is 47.3. The van der Waals surface area contributed by atoms with Crippen molar-refractivity contribution in [2.75, 3.05) is 16.4 Å². The van der Waals surface area contributed by atoms with Gasteiger partial charge in [-0.2, -0.15) is 5.26 Å². The number of halogens is 4. The van der Waals surface area contributed by atoms with Gasteiger partial charge >= 0.3 is 6.09 Å². The molecule has 3 heterocycles. The van der Waals surface area contributed by atoms with Gasteiger partial charge in [-0.05, 0) is 31.0 Å². The van der Waals surface area contributed by atoms with E-state index in [-0.39, 0.29) is 40.5 Å². The first kappa shape index (κ1) is 29.8. The summed E-state index contributed by atoms with van der Waals surface area (Å²) in [5.41, 5.74) is 0.175. The largest absolute Gasteiger partial charge is 0.446 e. The Morgan fingerprint density at radius 2 is 1.93 bits per heavy atom. The van der Waals surface area contributed by atoms with Gasteiger partial charge in [-0.15, -0.1) is 0 Å². The SMILES string of the molecule is N#Cc1ccnc(N2C(=O)OC[C@H]2C(=O)N(c2cncc(F)c2)[C@H](C(=O)NC2CCC(F)(F)CC2)c2ccccc2Cl)c1. The molecule has 0 radical (unpaired) electrons. The fourth-order valence-electron chi connectivity index (χ4n) is 5.13. The van der Waals surface area contributed by atoms with Crippen LogP contribution in [0.4, 0.5) is 29.5 Å². The van der Waals surface area contributed by atoms with Crippen LogP contribution < -0.4 is 15.1 Å². The number of rotatable bonds is 7. The number of carbonyl (C=O) groups excluding carboxylic acids is 3. The summed E-state index contributed by atoms with van der Waals surface area (Å²) in [6.07, 6.45) is 1.59. The van der Waals surface area contributed by atoms with Gasteiger partial charge in [0, 0.05) is 41.7 Å². The molecule has 43 heavy (non-hydrogen) atoms. The highest BCUT2D eigenvalue weighted by Crippen LogP contribution is 2.37. The van der Waals surface area contributed by atoms with E-state index in [2.05, 4.69) is 15.3 Å². The summed E-state index contributed by atoms with van der Waals surface area (Å²) in [5.74, 6) is -5.35. The monoisotopic (exact) mass is 612 g/mol. The van der Waals surface area contributed by atoms with E-state index in [9.17, 15) is 32.8 Å². The average Bonchev–Trinajstić information content (AvgIpc) is 3.38. The number of nitrogens with one attached hydrogen (secondary N) is 1. The van der Waals surface area contributed by atoms with Crippen molar-refractivity contribution < 1.29 is 32.3 Å². The zero-order valence-corrected chi connectivity index (χ0v) is 23.2. The number of pyridine rings is 2. The van der Waals surface area contributed by atoms with Crippen LogP contribution in [-0.2, 0) is 14.3 Å². The summed E-state index contributed by atoms with van der Waals surface area (Å²) in [6, 6.07) is 8.25. The molecule has 1 aliphatic carbocycles. The second-order valence-electron chi connectivity index (χ2n) is 10.1. The Morgan fingerprint density at radius 3 is 2.63 bits per heavy atom. The Kier molecular flexibility index (Phi) is 8.50. The molecule has 1 saturated carbocycles. The molecule has 5 rings (SSSR count). The van der Waals surface area contributed by atoms with Crippen LogP contribution in [0.15, 0.2) is 61.1 Å². The molecule has 1 saturated heterocycles. The van der Waals surface area contributed by atoms with E-state index in [0.29, 0.717) is 0 Å². The molecule has 1 aromatic carbocycles. The number of aromatic nitrogens is 2. The minimum atomic E-state index is -2.84. The van der Waals surface area contributed by atoms with Crippen molar-refractivity contribution in [1.29, 1.82) is 5.26 Å². The fraction of sp³-hybridized carbons (Fsp3) is 0.310. The van der Waals surface area contributed by atoms with Gasteiger partial charge in [0.05, 0.1) is 29.7 Å². The molecule has 2 aromatic heterocycles. The van der Waals surface area contributed by atoms with Gasteiger partial charge < -0.3 is 10.1 Å². The summed E-state index contributed by atoms with van der Waals surface area (Å²) in [7, 11) is 0. The summed E-state index contributed by atoms with van der Waals surface area (Å²) in [5, 5.41) is 12.2. The Balaban J connectivity index is 1.59. The maximum Gasteiger partial charge on any atom is 0.416 e. The van der Waals surface area contributed by atoms with Crippen LogP contribution in [-0.4, -0.2) is 52.5 Å². The second-order valence-corrected chi connectivity index (χ2v) is 10.5. The van der Waals surface area contributed by atoms with Crippen LogP contribution in [0, 0.1) is 17.1 Å². The number of carbonyl (C=O) groups is 3. The number of hydrogen-bond acceptors (Lipinski definition) is 7. The molecule has 1 N–H and O–H groups in total. The van der Waals surface area contributed by atoms with Crippen LogP contribution in [0.5, 0.6) is 0 Å². The summed E-state index contributed by atoms with van der Waals surface area (Å²) in [4.78, 5) is 51.1. The molecule has 2 atom stereocenters. The molecule has 0 unspecified atom stereocenters. The molecular formula is C29H24ClF3N6O4. The van der Waals surface area contributed by atoms with E-state index >= 15 is 0 Å². The van der Waals surface area contributed by atoms with Gasteiger partial charge in [0.15, 0.2) is 6.04 Å². The molecule has 3 aromatic rings. The van der Waals surface area contributed by atoms with Crippen molar-refractivity contribution in [1.82, 2.24) is 15.3 Å². The first-order valence-electron chi connectivity index (χ1n) is 13.3. The quantitative estimate of drug-likeness (QED) is 0.400. The van der Waals surface area contributed by atoms with Crippen molar-refractivity contribution in [3.8, 4) is 6.07 Å². The number of nitriles is 1. The molecule has 10 nitrogen and oxygen atoms in total. The first-order chi connectivity index (χ1) is 20.6. The minimum Gasteiger partial charge on any atom is -0.446 e. The molecule has 1 aliphatic heterocycles. The van der Waals surface area contributed by atoms with Crippen LogP contribution in [0.25, 0.3) is 0 Å². The van der Waals surface area contributed by atoms with Gasteiger partial charge in [-0.3, -0.25) is 19.5 Å². The molecule has 14 heteroatoms. The number of hydrogen-bond donors (Lipinski definition) is 1. The van der Waals surface area contributed by atoms with Gasteiger partial charge in [-0.25, -0.2) is 27.8 Å². The molecule has 2 fully saturated rings. The predicted molar refractivity (Wildman–Crippen MR) is 148 cm³/mol. The third-order valence-electron chi connectivity index (χ3n) is 7.26. The van der Waals surface area contributed by atoms with Gasteiger partial charge in [0.2, 0.25) is 11.8 Å². The van der Waals surface area contributed by atoms with Crippen molar-refractivity contribution in [2.45, 2.75) is 49.7 Å². The lowest BCUT2D eigenvalue weighted by Gasteiger charge is -2.36. The molecule has 222 valence electrons. The van der Waals surface area contributed by atoms with Crippen LogP contribution in [0.3, 0.4) is 0 Å². The molecule has 2 aliphatic rings. The van der Waals surface area contributed by atoms with Gasteiger partial charge in [0.25, 0.3) is 5.91 Å². The number of alkyl halides is 2. The van der Waals surface area contributed by atoms with Crippen LogP contribution in [0.1, 0.15) is 42.9 Å². The van der Waals surface area contributed by atoms with Gasteiger partial charge in [-0.1, -0.05) is 29.8 Å². The summed E-state index contributed by atoms with van der Waals surface area (Å²) >= 11 is 6.51. The first-order valence-corrected chi connectivity index (χ1v) is 13.6. The zero-order valence-electron chi connectivity index (χ0n) is 22.4. The van der Waals surface area contributed by atoms with Crippen molar-refractivity contribution >= 4 is 41.0 Å². The lowest BCUT2D eigenvalue weighted by Crippen LogP contribution is -2.54. The van der Waals surface area contributed by atoms with E-state index in [0.717, 1.165) is 28.3 Å². The Labute approximate surface area is 249 Å². The Hall–Kier alpha value is -4.70. The lowest BCUT2D eigenvalue weighted by atomic mass is 9.91. The van der Waals surface area contributed by atoms with Crippen molar-refractivity contribution in [3.05, 3.63) is 83.0 Å². The highest BCUT2D eigenvalue weighted by Gasteiger charge is 2.46. The molecule has 3 amide bonds. The number of ether oxygens (including phenoxy) is 1. The minimum absolute atomic E-state index is 0.00307. The average molecular weight is 613 g/mol. The summed E-state index contributed by atoms with van der Waals surface area (Å²) in [6.45, 7) is -0.454.